The van der Waals surface area contributed by atoms with Crippen molar-refractivity contribution in [1.82, 2.24) is 4.98 Å². The maximum Gasteiger partial charge on any atom is 0.250 e. The van der Waals surface area contributed by atoms with Gasteiger partial charge in [-0.1, -0.05) is 23.7 Å². The van der Waals surface area contributed by atoms with E-state index in [0.717, 1.165) is 17.1 Å². The molecule has 21 heavy (non-hydrogen) atoms. The van der Waals surface area contributed by atoms with Gasteiger partial charge in [-0.25, -0.2) is 4.98 Å². The number of halogens is 1. The number of nitrogens with two attached hydrogens (primary N) is 1. The first-order valence-electron chi connectivity index (χ1n) is 6.22. The summed E-state index contributed by atoms with van der Waals surface area (Å²) in [6.07, 6.45) is 1.38. The number of anilines is 1. The molecule has 1 aliphatic heterocycles. The number of pyridine rings is 1. The van der Waals surface area contributed by atoms with E-state index >= 15 is 0 Å². The third-order valence-corrected chi connectivity index (χ3v) is 3.34. The summed E-state index contributed by atoms with van der Waals surface area (Å²) < 4.78 is 10.7. The van der Waals surface area contributed by atoms with E-state index in [-0.39, 0.29) is 12.4 Å². The van der Waals surface area contributed by atoms with Crippen LogP contribution in [0.4, 0.5) is 5.82 Å². The Morgan fingerprint density at radius 1 is 1.43 bits per heavy atom. The molecule has 2 heterocycles. The van der Waals surface area contributed by atoms with Gasteiger partial charge in [0, 0.05) is 18.3 Å². The molecule has 0 saturated carbocycles. The number of aromatic nitrogens is 1. The minimum Gasteiger partial charge on any atom is -0.454 e. The molecular weight excluding hydrogens is 294 g/mol. The Morgan fingerprint density at radius 2 is 2.29 bits per heavy atom. The lowest BCUT2D eigenvalue weighted by molar-refractivity contribution is 0.1000. The molecule has 0 unspecified atom stereocenters. The van der Waals surface area contributed by atoms with Crippen molar-refractivity contribution >= 4 is 23.3 Å². The van der Waals surface area contributed by atoms with Crippen LogP contribution >= 0.6 is 11.6 Å². The maximum atomic E-state index is 11.0. The molecule has 7 heteroatoms. The first kappa shape index (κ1) is 13.5. The fraction of sp³-hybridized carbons (Fsp3) is 0.143. The van der Waals surface area contributed by atoms with Crippen LogP contribution in [0.2, 0.25) is 5.02 Å². The Bertz CT molecular complexity index is 706. The fourth-order valence-electron chi connectivity index (χ4n) is 2.01. The van der Waals surface area contributed by atoms with Gasteiger partial charge in [0.15, 0.2) is 11.5 Å². The number of nitrogens with zero attached hydrogens (tertiary/aromatic N) is 1. The Labute approximate surface area is 125 Å². The molecule has 1 aliphatic rings. The van der Waals surface area contributed by atoms with Gasteiger partial charge in [-0.3, -0.25) is 4.79 Å². The average Bonchev–Trinajstić information content (AvgIpc) is 2.94. The van der Waals surface area contributed by atoms with Crippen LogP contribution in [0.25, 0.3) is 0 Å². The molecule has 2 aromatic rings. The summed E-state index contributed by atoms with van der Waals surface area (Å²) in [5, 5.41) is 3.42. The summed E-state index contributed by atoms with van der Waals surface area (Å²) in [5.74, 6) is 1.34. The minimum absolute atomic E-state index is 0.221. The molecule has 0 saturated heterocycles. The van der Waals surface area contributed by atoms with E-state index in [2.05, 4.69) is 10.3 Å². The number of hydrogen-bond donors (Lipinski definition) is 2. The van der Waals surface area contributed by atoms with Gasteiger partial charge in [-0.15, -0.1) is 0 Å². The first-order chi connectivity index (χ1) is 10.1. The molecule has 0 atom stereocenters. The highest BCUT2D eigenvalue weighted by molar-refractivity contribution is 6.33. The molecule has 0 spiro atoms. The Kier molecular flexibility index (Phi) is 3.53. The molecule has 0 aliphatic carbocycles. The van der Waals surface area contributed by atoms with Crippen molar-refractivity contribution in [2.24, 2.45) is 5.73 Å². The number of fused-ring (bicyclic) bond motifs is 1. The highest BCUT2D eigenvalue weighted by Crippen LogP contribution is 2.35. The summed E-state index contributed by atoms with van der Waals surface area (Å²) in [5.41, 5.74) is 6.37. The van der Waals surface area contributed by atoms with E-state index in [4.69, 9.17) is 26.8 Å². The van der Waals surface area contributed by atoms with Gasteiger partial charge in [0.25, 0.3) is 0 Å². The van der Waals surface area contributed by atoms with Crippen molar-refractivity contribution in [2.75, 3.05) is 12.1 Å². The van der Waals surface area contributed by atoms with Gasteiger partial charge >= 0.3 is 0 Å². The number of rotatable bonds is 4. The predicted molar refractivity (Wildman–Crippen MR) is 77.7 cm³/mol. The summed E-state index contributed by atoms with van der Waals surface area (Å²) in [7, 11) is 0. The molecule has 3 rings (SSSR count). The van der Waals surface area contributed by atoms with Crippen LogP contribution in [0, 0.1) is 0 Å². The number of benzene rings is 1. The van der Waals surface area contributed by atoms with Gasteiger partial charge < -0.3 is 20.5 Å². The van der Waals surface area contributed by atoms with Crippen molar-refractivity contribution in [3.63, 3.8) is 0 Å². The van der Waals surface area contributed by atoms with E-state index in [9.17, 15) is 4.79 Å². The van der Waals surface area contributed by atoms with Gasteiger partial charge in [0.1, 0.15) is 5.82 Å². The van der Waals surface area contributed by atoms with Crippen molar-refractivity contribution in [1.29, 1.82) is 0 Å². The number of ether oxygens (including phenoxy) is 2. The molecule has 1 aromatic carbocycles. The van der Waals surface area contributed by atoms with Crippen molar-refractivity contribution in [3.8, 4) is 11.5 Å². The lowest BCUT2D eigenvalue weighted by Gasteiger charge is -2.10. The summed E-state index contributed by atoms with van der Waals surface area (Å²) in [6, 6.07) is 7.13. The summed E-state index contributed by atoms with van der Waals surface area (Å²) in [4.78, 5) is 15.1. The molecule has 3 N–H and O–H groups in total. The van der Waals surface area contributed by atoms with Gasteiger partial charge in [0.2, 0.25) is 12.7 Å². The third-order valence-electron chi connectivity index (χ3n) is 3.05. The second kappa shape index (κ2) is 5.49. The lowest BCUT2D eigenvalue weighted by atomic mass is 10.2. The molecule has 0 bridgehead atoms. The highest BCUT2D eigenvalue weighted by atomic mass is 35.5. The SMILES string of the molecule is NC(=O)c1cnc(NCc2cccc3c2OCO3)c(Cl)c1. The van der Waals surface area contributed by atoms with E-state index in [1.807, 2.05) is 18.2 Å². The summed E-state index contributed by atoms with van der Waals surface area (Å²) in [6.45, 7) is 0.688. The van der Waals surface area contributed by atoms with Crippen molar-refractivity contribution in [3.05, 3.63) is 46.6 Å². The lowest BCUT2D eigenvalue weighted by Crippen LogP contribution is -2.12. The van der Waals surface area contributed by atoms with Gasteiger partial charge in [-0.2, -0.15) is 0 Å². The molecule has 0 radical (unpaired) electrons. The van der Waals surface area contributed by atoms with E-state index in [1.54, 1.807) is 0 Å². The monoisotopic (exact) mass is 305 g/mol. The van der Waals surface area contributed by atoms with Crippen LogP contribution < -0.4 is 20.5 Å². The maximum absolute atomic E-state index is 11.0. The topological polar surface area (TPSA) is 86.5 Å². The summed E-state index contributed by atoms with van der Waals surface area (Å²) >= 11 is 6.07. The number of primary amides is 1. The Morgan fingerprint density at radius 3 is 3.05 bits per heavy atom. The van der Waals surface area contributed by atoms with Crippen LogP contribution in [0.1, 0.15) is 15.9 Å². The number of carbonyl (C=O) groups excluding carboxylic acids is 1. The first-order valence-corrected chi connectivity index (χ1v) is 6.59. The quantitative estimate of drug-likeness (QED) is 0.904. The second-order valence-electron chi connectivity index (χ2n) is 4.42. The van der Waals surface area contributed by atoms with Crippen LogP contribution in [-0.4, -0.2) is 17.7 Å². The predicted octanol–water partition coefficient (Wildman–Crippen LogP) is 2.17. The van der Waals surface area contributed by atoms with Gasteiger partial charge in [-0.05, 0) is 12.1 Å². The largest absolute Gasteiger partial charge is 0.454 e. The van der Waals surface area contributed by atoms with Crippen molar-refractivity contribution in [2.45, 2.75) is 6.54 Å². The van der Waals surface area contributed by atoms with Crippen LogP contribution in [0.15, 0.2) is 30.5 Å². The zero-order valence-corrected chi connectivity index (χ0v) is 11.7. The van der Waals surface area contributed by atoms with Crippen LogP contribution in [0.3, 0.4) is 0 Å². The van der Waals surface area contributed by atoms with Crippen LogP contribution in [0.5, 0.6) is 11.5 Å². The van der Waals surface area contributed by atoms with E-state index in [1.165, 1.54) is 12.3 Å². The molecular formula is C14H12ClN3O3. The standard InChI is InChI=1S/C14H12ClN3O3/c15-10-4-9(13(16)19)6-18-14(10)17-5-8-2-1-3-11-12(8)21-7-20-11/h1-4,6H,5,7H2,(H2,16,19)(H,17,18). The average molecular weight is 306 g/mol. The fourth-order valence-corrected chi connectivity index (χ4v) is 2.24. The van der Waals surface area contributed by atoms with E-state index < -0.39 is 5.91 Å². The Balaban J connectivity index is 1.77. The van der Waals surface area contributed by atoms with Gasteiger partial charge in [0.05, 0.1) is 10.6 Å². The number of carbonyl (C=O) groups is 1. The van der Waals surface area contributed by atoms with Crippen LogP contribution in [-0.2, 0) is 6.54 Å². The molecule has 108 valence electrons. The molecule has 6 nitrogen and oxygen atoms in total. The number of para-hydroxylation sites is 1. The molecule has 0 fully saturated rings. The number of amides is 1. The Hall–Kier alpha value is -2.47. The normalized spacial score (nSPS) is 12.2. The van der Waals surface area contributed by atoms with Crippen molar-refractivity contribution < 1.29 is 14.3 Å². The highest BCUT2D eigenvalue weighted by Gasteiger charge is 2.17. The zero-order valence-electron chi connectivity index (χ0n) is 10.9. The smallest absolute Gasteiger partial charge is 0.250 e. The number of hydrogen-bond acceptors (Lipinski definition) is 5. The zero-order chi connectivity index (χ0) is 14.8. The second-order valence-corrected chi connectivity index (χ2v) is 4.83. The third kappa shape index (κ3) is 2.71. The molecule has 1 amide bonds. The van der Waals surface area contributed by atoms with E-state index in [0.29, 0.717) is 17.4 Å². The molecule has 1 aromatic heterocycles. The minimum atomic E-state index is -0.567. The number of nitrogens with one attached hydrogen (secondary N) is 1.